The predicted molar refractivity (Wildman–Crippen MR) is 80.6 cm³/mol. The molecule has 102 valence electrons. The second-order valence-electron chi connectivity index (χ2n) is 4.21. The van der Waals surface area contributed by atoms with E-state index in [9.17, 15) is 9.59 Å². The lowest BCUT2D eigenvalue weighted by Gasteiger charge is -2.04. The van der Waals surface area contributed by atoms with E-state index >= 15 is 0 Å². The maximum absolute atomic E-state index is 11.9. The molecule has 0 unspecified atom stereocenters. The number of rotatable bonds is 5. The Balaban J connectivity index is 1.84. The Bertz CT molecular complexity index is 597. The van der Waals surface area contributed by atoms with E-state index in [4.69, 9.17) is 0 Å². The highest BCUT2D eigenvalue weighted by molar-refractivity contribution is 9.10. The van der Waals surface area contributed by atoms with Crippen molar-refractivity contribution in [2.45, 2.75) is 12.8 Å². The van der Waals surface area contributed by atoms with E-state index in [1.807, 2.05) is 12.1 Å². The van der Waals surface area contributed by atoms with E-state index in [1.54, 1.807) is 36.7 Å². The minimum Gasteiger partial charge on any atom is -0.326 e. The molecule has 2 aromatic rings. The quantitative estimate of drug-likeness (QED) is 0.853. The molecule has 0 saturated carbocycles. The lowest BCUT2D eigenvalue weighted by atomic mass is 10.1. The van der Waals surface area contributed by atoms with Gasteiger partial charge < -0.3 is 5.32 Å². The lowest BCUT2D eigenvalue weighted by Crippen LogP contribution is -2.13. The Labute approximate surface area is 125 Å². The van der Waals surface area contributed by atoms with Crippen molar-refractivity contribution >= 4 is 33.3 Å². The molecule has 5 heteroatoms. The Kier molecular flexibility index (Phi) is 5.01. The maximum Gasteiger partial charge on any atom is 0.224 e. The number of Topliss-reactive ketones (excluding diaryl/α,β-unsaturated/α-hetero) is 1. The summed E-state index contributed by atoms with van der Waals surface area (Å²) in [5.74, 6) is -0.218. The molecule has 0 radical (unpaired) electrons. The van der Waals surface area contributed by atoms with E-state index < -0.39 is 0 Å². The van der Waals surface area contributed by atoms with Gasteiger partial charge in [0, 0.05) is 41.0 Å². The first-order valence-corrected chi connectivity index (χ1v) is 6.93. The first-order valence-electron chi connectivity index (χ1n) is 6.14. The van der Waals surface area contributed by atoms with Crippen LogP contribution in [-0.2, 0) is 4.79 Å². The van der Waals surface area contributed by atoms with Gasteiger partial charge in [-0.25, -0.2) is 0 Å². The van der Waals surface area contributed by atoms with Crippen LogP contribution >= 0.6 is 15.9 Å². The van der Waals surface area contributed by atoms with Crippen LogP contribution < -0.4 is 5.32 Å². The predicted octanol–water partition coefficient (Wildman–Crippen LogP) is 3.45. The van der Waals surface area contributed by atoms with Crippen LogP contribution in [0.4, 0.5) is 5.69 Å². The fourth-order valence-corrected chi connectivity index (χ4v) is 1.93. The number of nitrogens with one attached hydrogen (secondary N) is 1. The normalized spacial score (nSPS) is 10.1. The summed E-state index contributed by atoms with van der Waals surface area (Å²) >= 11 is 3.31. The number of aromatic nitrogens is 1. The molecule has 4 nitrogen and oxygen atoms in total. The van der Waals surface area contributed by atoms with Crippen molar-refractivity contribution in [1.29, 1.82) is 0 Å². The van der Waals surface area contributed by atoms with Crippen LogP contribution in [0.3, 0.4) is 0 Å². The molecular formula is C15H13BrN2O2. The van der Waals surface area contributed by atoms with Crippen LogP contribution in [0.25, 0.3) is 0 Å². The van der Waals surface area contributed by atoms with Gasteiger partial charge in [0.25, 0.3) is 0 Å². The highest BCUT2D eigenvalue weighted by Gasteiger charge is 2.09. The number of nitrogens with zero attached hydrogens (tertiary/aromatic N) is 1. The Morgan fingerprint density at radius 1 is 1.00 bits per heavy atom. The van der Waals surface area contributed by atoms with Gasteiger partial charge in [-0.15, -0.1) is 0 Å². The van der Waals surface area contributed by atoms with E-state index in [-0.39, 0.29) is 24.5 Å². The van der Waals surface area contributed by atoms with Crippen LogP contribution in [0.15, 0.2) is 53.3 Å². The molecule has 1 N–H and O–H groups in total. The minimum atomic E-state index is -0.179. The van der Waals surface area contributed by atoms with Gasteiger partial charge in [-0.05, 0) is 24.3 Å². The Morgan fingerprint density at radius 2 is 1.65 bits per heavy atom. The summed E-state index contributed by atoms with van der Waals surface area (Å²) in [5, 5.41) is 2.72. The van der Waals surface area contributed by atoms with Crippen LogP contribution in [0.2, 0.25) is 0 Å². The molecule has 1 aromatic heterocycles. The van der Waals surface area contributed by atoms with Crippen LogP contribution in [0.1, 0.15) is 23.2 Å². The molecule has 2 rings (SSSR count). The fourth-order valence-electron chi connectivity index (χ4n) is 1.67. The fraction of sp³-hybridized carbons (Fsp3) is 0.133. The number of carbonyl (C=O) groups excluding carboxylic acids is 2. The summed E-state index contributed by atoms with van der Waals surface area (Å²) in [7, 11) is 0. The molecule has 0 aliphatic rings. The largest absolute Gasteiger partial charge is 0.326 e. The smallest absolute Gasteiger partial charge is 0.224 e. The number of amides is 1. The number of anilines is 1. The number of benzene rings is 1. The zero-order valence-electron chi connectivity index (χ0n) is 10.7. The van der Waals surface area contributed by atoms with E-state index in [2.05, 4.69) is 26.2 Å². The van der Waals surface area contributed by atoms with Crippen molar-refractivity contribution in [2.75, 3.05) is 5.32 Å². The summed E-state index contributed by atoms with van der Waals surface area (Å²) in [5.41, 5.74) is 1.30. The monoisotopic (exact) mass is 332 g/mol. The first kappa shape index (κ1) is 14.4. The van der Waals surface area contributed by atoms with Crippen molar-refractivity contribution in [3.63, 3.8) is 0 Å². The molecule has 0 spiro atoms. The van der Waals surface area contributed by atoms with Gasteiger partial charge in [0.1, 0.15) is 0 Å². The number of hydrogen-bond donors (Lipinski definition) is 1. The zero-order chi connectivity index (χ0) is 14.4. The second-order valence-corrected chi connectivity index (χ2v) is 5.13. The zero-order valence-corrected chi connectivity index (χ0v) is 12.3. The maximum atomic E-state index is 11.9. The summed E-state index contributed by atoms with van der Waals surface area (Å²) in [6.07, 6.45) is 3.56. The van der Waals surface area contributed by atoms with Crippen LogP contribution in [-0.4, -0.2) is 16.7 Å². The lowest BCUT2D eigenvalue weighted by molar-refractivity contribution is -0.116. The molecule has 0 aliphatic heterocycles. The average molecular weight is 333 g/mol. The van der Waals surface area contributed by atoms with Crippen molar-refractivity contribution in [2.24, 2.45) is 0 Å². The second kappa shape index (κ2) is 6.96. The van der Waals surface area contributed by atoms with Crippen molar-refractivity contribution < 1.29 is 9.59 Å². The highest BCUT2D eigenvalue weighted by atomic mass is 79.9. The minimum absolute atomic E-state index is 0.0395. The number of hydrogen-bond acceptors (Lipinski definition) is 3. The van der Waals surface area contributed by atoms with Gasteiger partial charge in [-0.2, -0.15) is 0 Å². The van der Waals surface area contributed by atoms with Gasteiger partial charge in [0.05, 0.1) is 0 Å². The standard InChI is InChI=1S/C15H13BrN2O2/c16-12-3-1-11(2-4-12)14(19)5-6-15(20)18-13-7-9-17-10-8-13/h1-4,7-10H,5-6H2,(H,17,18,20). The number of halogens is 1. The van der Waals surface area contributed by atoms with E-state index in [0.29, 0.717) is 11.3 Å². The molecule has 1 heterocycles. The number of pyridine rings is 1. The topological polar surface area (TPSA) is 59.1 Å². The van der Waals surface area contributed by atoms with Crippen molar-refractivity contribution in [3.8, 4) is 0 Å². The Hall–Kier alpha value is -2.01. The highest BCUT2D eigenvalue weighted by Crippen LogP contribution is 2.13. The molecule has 0 saturated heterocycles. The molecule has 1 amide bonds. The van der Waals surface area contributed by atoms with Gasteiger partial charge in [0.15, 0.2) is 5.78 Å². The van der Waals surface area contributed by atoms with Crippen molar-refractivity contribution in [3.05, 3.63) is 58.8 Å². The molecule has 1 aromatic carbocycles. The van der Waals surface area contributed by atoms with Gasteiger partial charge in [-0.3, -0.25) is 14.6 Å². The molecule has 0 bridgehead atoms. The SMILES string of the molecule is O=C(CCC(=O)c1ccc(Br)cc1)Nc1ccncc1. The molecule has 0 aliphatic carbocycles. The van der Waals surface area contributed by atoms with Gasteiger partial charge in [-0.1, -0.05) is 28.1 Å². The van der Waals surface area contributed by atoms with Crippen molar-refractivity contribution in [1.82, 2.24) is 4.98 Å². The third-order valence-electron chi connectivity index (χ3n) is 2.71. The molecule has 0 fully saturated rings. The van der Waals surface area contributed by atoms with E-state index in [0.717, 1.165) is 4.47 Å². The third-order valence-corrected chi connectivity index (χ3v) is 3.24. The van der Waals surface area contributed by atoms with Crippen LogP contribution in [0, 0.1) is 0 Å². The molecular weight excluding hydrogens is 320 g/mol. The molecule has 20 heavy (non-hydrogen) atoms. The number of ketones is 1. The average Bonchev–Trinajstić information content (AvgIpc) is 2.46. The molecule has 0 atom stereocenters. The Morgan fingerprint density at radius 3 is 2.30 bits per heavy atom. The third kappa shape index (κ3) is 4.28. The first-order chi connectivity index (χ1) is 9.65. The van der Waals surface area contributed by atoms with Crippen LogP contribution in [0.5, 0.6) is 0 Å². The summed E-state index contributed by atoms with van der Waals surface area (Å²) in [6, 6.07) is 10.5. The van der Waals surface area contributed by atoms with Gasteiger partial charge in [0.2, 0.25) is 5.91 Å². The summed E-state index contributed by atoms with van der Waals surface area (Å²) in [6.45, 7) is 0. The van der Waals surface area contributed by atoms with E-state index in [1.165, 1.54) is 0 Å². The summed E-state index contributed by atoms with van der Waals surface area (Å²) < 4.78 is 0.921. The summed E-state index contributed by atoms with van der Waals surface area (Å²) in [4.78, 5) is 27.5. The number of carbonyl (C=O) groups is 2. The van der Waals surface area contributed by atoms with Gasteiger partial charge >= 0.3 is 0 Å².